The maximum absolute atomic E-state index is 11.9. The summed E-state index contributed by atoms with van der Waals surface area (Å²) in [4.78, 5) is 12.5. The van der Waals surface area contributed by atoms with Crippen LogP contribution in [0.1, 0.15) is 22.4 Å². The van der Waals surface area contributed by atoms with Crippen LogP contribution in [0, 0.1) is 13.8 Å². The topological polar surface area (TPSA) is 51.5 Å². The minimum Gasteiger partial charge on any atom is -0.506 e. The van der Waals surface area contributed by atoms with Gasteiger partial charge in [-0.05, 0) is 31.5 Å². The number of benzene rings is 2. The molecule has 3 aromatic rings. The summed E-state index contributed by atoms with van der Waals surface area (Å²) < 4.78 is 6.70. The number of hydrogen-bond donors (Lipinski definition) is 1. The van der Waals surface area contributed by atoms with Crippen LogP contribution < -0.4 is 0 Å². The summed E-state index contributed by atoms with van der Waals surface area (Å²) in [6.07, 6.45) is 0.0867. The smallest absolute Gasteiger partial charge is 0.310 e. The number of phenols is 1. The summed E-state index contributed by atoms with van der Waals surface area (Å²) >= 11 is 11.8. The van der Waals surface area contributed by atoms with Crippen molar-refractivity contribution in [3.63, 3.8) is 0 Å². The number of ether oxygens (including phenoxy) is 1. The fourth-order valence-corrected chi connectivity index (χ4v) is 3.54. The standard InChI is InChI=1S/C20H18ClNO3S/c1-11-4-6-13(7-5-11)20(26)22-12(2)14(9-19(24)25-3)15-8-18(23)16(21)10-17(15)22/h4-8,10,23H,9H2,1-3H3. The molecule has 0 aliphatic heterocycles. The van der Waals surface area contributed by atoms with Crippen LogP contribution in [0.3, 0.4) is 0 Å². The van der Waals surface area contributed by atoms with E-state index in [-0.39, 0.29) is 23.2 Å². The zero-order chi connectivity index (χ0) is 19.0. The highest BCUT2D eigenvalue weighted by molar-refractivity contribution is 7.80. The van der Waals surface area contributed by atoms with Crippen LogP contribution in [0.15, 0.2) is 36.4 Å². The number of carbonyl (C=O) groups excluding carboxylic acids is 1. The molecule has 0 radical (unpaired) electrons. The van der Waals surface area contributed by atoms with Crippen LogP contribution in [-0.4, -0.2) is 27.7 Å². The van der Waals surface area contributed by atoms with E-state index in [9.17, 15) is 9.90 Å². The number of fused-ring (bicyclic) bond motifs is 1. The average Bonchev–Trinajstić information content (AvgIpc) is 2.87. The van der Waals surface area contributed by atoms with Crippen molar-refractivity contribution in [2.75, 3.05) is 7.11 Å². The zero-order valence-corrected chi connectivity index (χ0v) is 16.2. The molecule has 1 aromatic heterocycles. The molecule has 0 aliphatic carbocycles. The highest BCUT2D eigenvalue weighted by Crippen LogP contribution is 2.35. The molecule has 0 aliphatic rings. The molecule has 0 bridgehead atoms. The van der Waals surface area contributed by atoms with Crippen molar-refractivity contribution >= 4 is 45.7 Å². The third-order valence-electron chi connectivity index (χ3n) is 4.45. The number of nitrogens with zero attached hydrogens (tertiary/aromatic N) is 1. The van der Waals surface area contributed by atoms with Gasteiger partial charge in [-0.2, -0.15) is 0 Å². The first-order valence-electron chi connectivity index (χ1n) is 8.04. The van der Waals surface area contributed by atoms with Gasteiger partial charge in [0.1, 0.15) is 10.7 Å². The zero-order valence-electron chi connectivity index (χ0n) is 14.7. The first kappa shape index (κ1) is 18.4. The molecule has 6 heteroatoms. The number of methoxy groups -OCH3 is 1. The first-order valence-corrected chi connectivity index (χ1v) is 8.82. The van der Waals surface area contributed by atoms with E-state index in [0.29, 0.717) is 4.99 Å². The minimum absolute atomic E-state index is 0.0383. The summed E-state index contributed by atoms with van der Waals surface area (Å²) in [5, 5.41) is 11.0. The number of aromatic hydroxyl groups is 1. The van der Waals surface area contributed by atoms with Gasteiger partial charge in [-0.3, -0.25) is 4.79 Å². The maximum atomic E-state index is 11.9. The Balaban J connectivity index is 2.25. The molecule has 1 heterocycles. The van der Waals surface area contributed by atoms with E-state index in [2.05, 4.69) is 0 Å². The molecule has 0 unspecified atom stereocenters. The maximum Gasteiger partial charge on any atom is 0.310 e. The predicted molar refractivity (Wildman–Crippen MR) is 107 cm³/mol. The molecule has 3 rings (SSSR count). The molecule has 0 saturated heterocycles. The van der Waals surface area contributed by atoms with Gasteiger partial charge in [0, 0.05) is 16.6 Å². The van der Waals surface area contributed by atoms with Crippen LogP contribution in [0.5, 0.6) is 5.75 Å². The lowest BCUT2D eigenvalue weighted by Crippen LogP contribution is -2.13. The Morgan fingerprint density at radius 1 is 1.23 bits per heavy atom. The number of aryl methyl sites for hydroxylation is 1. The van der Waals surface area contributed by atoms with Gasteiger partial charge in [-0.15, -0.1) is 0 Å². The summed E-state index contributed by atoms with van der Waals surface area (Å²) in [6, 6.07) is 11.2. The third-order valence-corrected chi connectivity index (χ3v) is 5.17. The lowest BCUT2D eigenvalue weighted by atomic mass is 10.1. The van der Waals surface area contributed by atoms with Crippen molar-refractivity contribution < 1.29 is 14.6 Å². The number of carbonyl (C=O) groups is 1. The highest BCUT2D eigenvalue weighted by atomic mass is 35.5. The summed E-state index contributed by atoms with van der Waals surface area (Å²) in [6.45, 7) is 3.91. The van der Waals surface area contributed by atoms with E-state index in [1.54, 1.807) is 12.1 Å². The molecular weight excluding hydrogens is 370 g/mol. The van der Waals surface area contributed by atoms with E-state index >= 15 is 0 Å². The highest BCUT2D eigenvalue weighted by Gasteiger charge is 2.21. The van der Waals surface area contributed by atoms with Crippen LogP contribution in [0.2, 0.25) is 5.02 Å². The molecule has 1 N–H and O–H groups in total. The number of aromatic nitrogens is 1. The quantitative estimate of drug-likeness (QED) is 0.529. The van der Waals surface area contributed by atoms with Crippen molar-refractivity contribution in [2.45, 2.75) is 20.3 Å². The van der Waals surface area contributed by atoms with Gasteiger partial charge in [0.05, 0.1) is 24.1 Å². The first-order chi connectivity index (χ1) is 12.3. The van der Waals surface area contributed by atoms with Crippen LogP contribution in [0.4, 0.5) is 0 Å². The van der Waals surface area contributed by atoms with Gasteiger partial charge in [0.15, 0.2) is 0 Å². The van der Waals surface area contributed by atoms with E-state index in [0.717, 1.165) is 33.3 Å². The Labute approximate surface area is 162 Å². The third kappa shape index (κ3) is 3.20. The molecule has 0 amide bonds. The molecule has 0 fully saturated rings. The number of hydrogen-bond acceptors (Lipinski definition) is 4. The monoisotopic (exact) mass is 387 g/mol. The molecule has 26 heavy (non-hydrogen) atoms. The molecule has 4 nitrogen and oxygen atoms in total. The van der Waals surface area contributed by atoms with Crippen molar-refractivity contribution in [1.82, 2.24) is 4.57 Å². The number of esters is 1. The van der Waals surface area contributed by atoms with Crippen molar-refractivity contribution in [1.29, 1.82) is 0 Å². The Bertz CT molecular complexity index is 1020. The molecule has 0 spiro atoms. The molecule has 134 valence electrons. The summed E-state index contributed by atoms with van der Waals surface area (Å²) in [7, 11) is 1.35. The largest absolute Gasteiger partial charge is 0.506 e. The molecule has 2 aromatic carbocycles. The average molecular weight is 388 g/mol. The molecular formula is C20H18ClNO3S. The Morgan fingerprint density at radius 2 is 1.88 bits per heavy atom. The van der Waals surface area contributed by atoms with Gasteiger partial charge in [-0.25, -0.2) is 0 Å². The Hall–Kier alpha value is -2.37. The lowest BCUT2D eigenvalue weighted by molar-refractivity contribution is -0.139. The minimum atomic E-state index is -0.358. The number of rotatable bonds is 3. The van der Waals surface area contributed by atoms with Gasteiger partial charge in [0.25, 0.3) is 0 Å². The summed E-state index contributed by atoms with van der Waals surface area (Å²) in [5.74, 6) is -0.397. The van der Waals surface area contributed by atoms with E-state index in [1.165, 1.54) is 7.11 Å². The van der Waals surface area contributed by atoms with Gasteiger partial charge >= 0.3 is 5.97 Å². The number of thiocarbonyl (C=S) groups is 1. The SMILES string of the molecule is COC(=O)Cc1c(C)n(C(=S)c2ccc(C)cc2)c2cc(Cl)c(O)cc12. The van der Waals surface area contributed by atoms with E-state index in [1.807, 2.05) is 42.7 Å². The second-order valence-electron chi connectivity index (χ2n) is 6.14. The van der Waals surface area contributed by atoms with Crippen LogP contribution in [0.25, 0.3) is 10.9 Å². The second-order valence-corrected chi connectivity index (χ2v) is 6.94. The van der Waals surface area contributed by atoms with Crippen LogP contribution in [-0.2, 0) is 16.0 Å². The fourth-order valence-electron chi connectivity index (χ4n) is 3.02. The van der Waals surface area contributed by atoms with Crippen LogP contribution >= 0.6 is 23.8 Å². The summed E-state index contributed by atoms with van der Waals surface area (Å²) in [5.41, 5.74) is 4.35. The predicted octanol–water partition coefficient (Wildman–Crippen LogP) is 4.56. The van der Waals surface area contributed by atoms with E-state index in [4.69, 9.17) is 28.6 Å². The Kier molecular flexibility index (Phi) is 5.03. The fraction of sp³-hybridized carbons (Fsp3) is 0.200. The van der Waals surface area contributed by atoms with Gasteiger partial charge in [-0.1, -0.05) is 53.6 Å². The molecule has 0 saturated carbocycles. The lowest BCUT2D eigenvalue weighted by Gasteiger charge is -2.11. The van der Waals surface area contributed by atoms with Crippen molar-refractivity contribution in [3.8, 4) is 5.75 Å². The second kappa shape index (κ2) is 7.09. The van der Waals surface area contributed by atoms with Crippen molar-refractivity contribution in [2.24, 2.45) is 0 Å². The van der Waals surface area contributed by atoms with Gasteiger partial charge in [0.2, 0.25) is 0 Å². The van der Waals surface area contributed by atoms with Crippen molar-refractivity contribution in [3.05, 3.63) is 63.8 Å². The normalized spacial score (nSPS) is 10.9. The van der Waals surface area contributed by atoms with E-state index < -0.39 is 0 Å². The van der Waals surface area contributed by atoms with Gasteiger partial charge < -0.3 is 14.4 Å². The number of phenolic OH excluding ortho intramolecular Hbond substituents is 1. The number of halogens is 1. The molecule has 0 atom stereocenters. The Morgan fingerprint density at radius 3 is 2.50 bits per heavy atom.